The fourth-order valence-corrected chi connectivity index (χ4v) is 4.19. The Morgan fingerprint density at radius 1 is 1.07 bits per heavy atom. The number of cyclic esters (lactones) is 2. The van der Waals surface area contributed by atoms with E-state index in [1.807, 2.05) is 30.3 Å². The predicted octanol–water partition coefficient (Wildman–Crippen LogP) is 4.26. The highest BCUT2D eigenvalue weighted by atomic mass is 16.6. The van der Waals surface area contributed by atoms with Gasteiger partial charge in [-0.05, 0) is 24.8 Å². The highest BCUT2D eigenvalue weighted by Crippen LogP contribution is 2.31. The second-order valence-electron chi connectivity index (χ2n) is 8.02. The van der Waals surface area contributed by atoms with Gasteiger partial charge in [0.25, 0.3) is 0 Å². The molecule has 3 rings (SSSR count). The molecule has 2 aliphatic heterocycles. The maximum absolute atomic E-state index is 13.2. The van der Waals surface area contributed by atoms with Crippen LogP contribution in [0.3, 0.4) is 0 Å². The Morgan fingerprint density at radius 3 is 2.55 bits per heavy atom. The molecule has 2 amide bonds. The van der Waals surface area contributed by atoms with Crippen LogP contribution in [0.15, 0.2) is 30.3 Å². The molecule has 0 N–H and O–H groups in total. The first-order valence-electron chi connectivity index (χ1n) is 10.8. The van der Waals surface area contributed by atoms with Crippen LogP contribution >= 0.6 is 0 Å². The Morgan fingerprint density at radius 2 is 1.79 bits per heavy atom. The molecule has 0 spiro atoms. The molecule has 0 radical (unpaired) electrons. The van der Waals surface area contributed by atoms with Gasteiger partial charge < -0.3 is 9.47 Å². The normalized spacial score (nSPS) is 23.9. The van der Waals surface area contributed by atoms with E-state index in [4.69, 9.17) is 9.47 Å². The van der Waals surface area contributed by atoms with Gasteiger partial charge in [0, 0.05) is 0 Å². The molecule has 2 heterocycles. The Kier molecular flexibility index (Phi) is 7.67. The van der Waals surface area contributed by atoms with Gasteiger partial charge in [-0.2, -0.15) is 0 Å². The van der Waals surface area contributed by atoms with Crippen LogP contribution in [0.5, 0.6) is 0 Å². The van der Waals surface area contributed by atoms with Crippen molar-refractivity contribution in [2.45, 2.75) is 76.9 Å². The minimum Gasteiger partial charge on any atom is -0.461 e. The molecule has 0 unspecified atom stereocenters. The van der Waals surface area contributed by atoms with E-state index in [2.05, 4.69) is 6.92 Å². The summed E-state index contributed by atoms with van der Waals surface area (Å²) < 4.78 is 10.6. The molecule has 6 heteroatoms. The maximum Gasteiger partial charge on any atom is 0.416 e. The molecule has 2 aliphatic rings. The summed E-state index contributed by atoms with van der Waals surface area (Å²) in [5.41, 5.74) is 1.04. The zero-order valence-electron chi connectivity index (χ0n) is 17.2. The van der Waals surface area contributed by atoms with Crippen LogP contribution in [0.25, 0.3) is 0 Å². The van der Waals surface area contributed by atoms with E-state index < -0.39 is 18.1 Å². The third kappa shape index (κ3) is 5.58. The van der Waals surface area contributed by atoms with Gasteiger partial charge in [0.05, 0.1) is 18.4 Å². The van der Waals surface area contributed by atoms with Crippen LogP contribution < -0.4 is 0 Å². The maximum atomic E-state index is 13.2. The first kappa shape index (κ1) is 21.3. The topological polar surface area (TPSA) is 72.9 Å². The molecule has 2 fully saturated rings. The van der Waals surface area contributed by atoms with Gasteiger partial charge in [-0.25, -0.2) is 9.69 Å². The zero-order valence-corrected chi connectivity index (χ0v) is 17.2. The first-order chi connectivity index (χ1) is 14.1. The molecule has 0 aliphatic carbocycles. The Labute approximate surface area is 172 Å². The number of nitrogens with zero attached hydrogens (tertiary/aromatic N) is 1. The number of unbranched alkanes of at least 4 members (excludes halogenated alkanes) is 5. The van der Waals surface area contributed by atoms with Crippen LogP contribution in [-0.4, -0.2) is 41.6 Å². The molecule has 6 nitrogen and oxygen atoms in total. The van der Waals surface area contributed by atoms with Gasteiger partial charge in [-0.15, -0.1) is 0 Å². The summed E-state index contributed by atoms with van der Waals surface area (Å²) in [5, 5.41) is 0. The van der Waals surface area contributed by atoms with Crippen molar-refractivity contribution in [3.05, 3.63) is 35.9 Å². The Balaban J connectivity index is 1.59. The minimum absolute atomic E-state index is 0.0428. The van der Waals surface area contributed by atoms with E-state index in [0.717, 1.165) is 24.8 Å². The van der Waals surface area contributed by atoms with Crippen molar-refractivity contribution in [2.75, 3.05) is 6.61 Å². The fourth-order valence-electron chi connectivity index (χ4n) is 4.19. The van der Waals surface area contributed by atoms with Gasteiger partial charge in [0.1, 0.15) is 12.7 Å². The molecule has 0 saturated carbocycles. The van der Waals surface area contributed by atoms with Gasteiger partial charge in [0.2, 0.25) is 5.91 Å². The highest BCUT2D eigenvalue weighted by molar-refractivity contribution is 5.97. The van der Waals surface area contributed by atoms with E-state index in [-0.39, 0.29) is 30.9 Å². The smallest absolute Gasteiger partial charge is 0.416 e. The lowest BCUT2D eigenvalue weighted by atomic mass is 9.94. The van der Waals surface area contributed by atoms with E-state index in [1.165, 1.54) is 24.2 Å². The van der Waals surface area contributed by atoms with E-state index in [1.54, 1.807) is 0 Å². The van der Waals surface area contributed by atoms with Crippen LogP contribution in [0.2, 0.25) is 0 Å². The quantitative estimate of drug-likeness (QED) is 0.433. The second-order valence-corrected chi connectivity index (χ2v) is 8.02. The lowest BCUT2D eigenvalue weighted by Gasteiger charge is -2.24. The predicted molar refractivity (Wildman–Crippen MR) is 108 cm³/mol. The molecule has 1 aromatic rings. The number of imide groups is 1. The number of hydrogen-bond donors (Lipinski definition) is 0. The van der Waals surface area contributed by atoms with E-state index in [0.29, 0.717) is 12.8 Å². The SMILES string of the molecule is CCCCCCCC[C@H]1OC(=O)C[C@@H]1C(=O)N1C(=O)OC[C@@H]1Cc1ccccc1. The summed E-state index contributed by atoms with van der Waals surface area (Å²) in [7, 11) is 0. The van der Waals surface area contributed by atoms with Crippen molar-refractivity contribution in [1.82, 2.24) is 4.90 Å². The highest BCUT2D eigenvalue weighted by Gasteiger charge is 2.47. The van der Waals surface area contributed by atoms with Crippen LogP contribution in [0.1, 0.15) is 63.9 Å². The summed E-state index contributed by atoms with van der Waals surface area (Å²) in [6, 6.07) is 9.38. The summed E-state index contributed by atoms with van der Waals surface area (Å²) in [5.74, 6) is -1.29. The third-order valence-corrected chi connectivity index (χ3v) is 5.79. The average molecular weight is 402 g/mol. The molecule has 0 aromatic heterocycles. The first-order valence-corrected chi connectivity index (χ1v) is 10.8. The van der Waals surface area contributed by atoms with Crippen LogP contribution in [-0.2, 0) is 25.5 Å². The molecule has 29 heavy (non-hydrogen) atoms. The molecule has 0 bridgehead atoms. The van der Waals surface area contributed by atoms with Crippen molar-refractivity contribution in [1.29, 1.82) is 0 Å². The van der Waals surface area contributed by atoms with Gasteiger partial charge >= 0.3 is 12.1 Å². The Bertz CT molecular complexity index is 704. The zero-order chi connectivity index (χ0) is 20.6. The second kappa shape index (κ2) is 10.4. The summed E-state index contributed by atoms with van der Waals surface area (Å²) in [6.45, 7) is 2.37. The van der Waals surface area contributed by atoms with Crippen molar-refractivity contribution < 1.29 is 23.9 Å². The average Bonchev–Trinajstić information content (AvgIpc) is 3.27. The number of carbonyl (C=O) groups is 3. The summed E-state index contributed by atoms with van der Waals surface area (Å²) in [4.78, 5) is 38.6. The number of amides is 2. The standard InChI is InChI=1S/C23H31NO5/c1-2-3-4-5-6-10-13-20-19(15-21(25)29-20)22(26)24-18(16-28-23(24)27)14-17-11-8-7-9-12-17/h7-9,11-12,18-20H,2-6,10,13-16H2,1H3/t18-,19-,20+/m0/s1. The molecule has 3 atom stereocenters. The van der Waals surface area contributed by atoms with Crippen molar-refractivity contribution in [3.8, 4) is 0 Å². The number of rotatable bonds is 10. The number of benzene rings is 1. The molecule has 158 valence electrons. The summed E-state index contributed by atoms with van der Waals surface area (Å²) >= 11 is 0. The van der Waals surface area contributed by atoms with Gasteiger partial charge in [-0.1, -0.05) is 69.4 Å². The lowest BCUT2D eigenvalue weighted by molar-refractivity contribution is -0.142. The van der Waals surface area contributed by atoms with E-state index >= 15 is 0 Å². The number of esters is 1. The minimum atomic E-state index is -0.617. The molecule has 2 saturated heterocycles. The van der Waals surface area contributed by atoms with Crippen molar-refractivity contribution >= 4 is 18.0 Å². The summed E-state index contributed by atoms with van der Waals surface area (Å²) in [6.07, 6.45) is 6.99. The van der Waals surface area contributed by atoms with Crippen LogP contribution in [0.4, 0.5) is 4.79 Å². The lowest BCUT2D eigenvalue weighted by Crippen LogP contribution is -2.45. The molecular formula is C23H31NO5. The number of hydrogen-bond acceptors (Lipinski definition) is 5. The van der Waals surface area contributed by atoms with E-state index in [9.17, 15) is 14.4 Å². The van der Waals surface area contributed by atoms with Crippen LogP contribution in [0, 0.1) is 5.92 Å². The van der Waals surface area contributed by atoms with Crippen molar-refractivity contribution in [3.63, 3.8) is 0 Å². The Hall–Kier alpha value is -2.37. The third-order valence-electron chi connectivity index (χ3n) is 5.79. The number of ether oxygens (including phenoxy) is 2. The molecular weight excluding hydrogens is 370 g/mol. The largest absolute Gasteiger partial charge is 0.461 e. The molecule has 1 aromatic carbocycles. The number of carbonyl (C=O) groups excluding carboxylic acids is 3. The van der Waals surface area contributed by atoms with Gasteiger partial charge in [-0.3, -0.25) is 9.59 Å². The fraction of sp³-hybridized carbons (Fsp3) is 0.609. The monoisotopic (exact) mass is 401 g/mol. The van der Waals surface area contributed by atoms with Crippen molar-refractivity contribution in [2.24, 2.45) is 5.92 Å². The van der Waals surface area contributed by atoms with Gasteiger partial charge in [0.15, 0.2) is 0 Å².